The van der Waals surface area contributed by atoms with Crippen molar-refractivity contribution in [3.8, 4) is 0 Å². The van der Waals surface area contributed by atoms with Crippen LogP contribution in [0.5, 0.6) is 0 Å². The highest BCUT2D eigenvalue weighted by molar-refractivity contribution is 4.96. The molecule has 0 saturated carbocycles. The lowest BCUT2D eigenvalue weighted by atomic mass is 10.5. The second-order valence-corrected chi connectivity index (χ2v) is 1.24. The maximum atomic E-state index is 8.33. The van der Waals surface area contributed by atoms with E-state index in [2.05, 4.69) is 0 Å². The first-order valence-corrected chi connectivity index (χ1v) is 2.06. The van der Waals surface area contributed by atoms with Gasteiger partial charge in [0.25, 0.3) is 0 Å². The maximum Gasteiger partial charge on any atom is 0.120 e. The van der Waals surface area contributed by atoms with Crippen LogP contribution in [0.1, 0.15) is 5.76 Å². The van der Waals surface area contributed by atoms with Crippen LogP contribution < -0.4 is 5.73 Å². The Morgan fingerprint density at radius 1 is 1.71 bits per heavy atom. The van der Waals surface area contributed by atoms with Crippen LogP contribution in [0.3, 0.4) is 0 Å². The van der Waals surface area contributed by atoms with Gasteiger partial charge in [-0.05, 0) is 12.1 Å². The van der Waals surface area contributed by atoms with Gasteiger partial charge in [-0.25, -0.2) is 0 Å². The molecule has 0 bridgehead atoms. The van der Waals surface area contributed by atoms with Gasteiger partial charge in [0, 0.05) is 0 Å². The summed E-state index contributed by atoms with van der Waals surface area (Å²) in [5, 5.41) is 0. The second kappa shape index (κ2) is 1.80. The van der Waals surface area contributed by atoms with Gasteiger partial charge in [-0.15, -0.1) is 5.73 Å². The van der Waals surface area contributed by atoms with Gasteiger partial charge in [0.1, 0.15) is 5.76 Å². The molecule has 0 N–H and O–H groups in total. The van der Waals surface area contributed by atoms with Crippen LogP contribution in [0.15, 0.2) is 22.8 Å². The van der Waals surface area contributed by atoms with Crippen molar-refractivity contribution in [1.82, 2.24) is 5.73 Å². The Morgan fingerprint density at radius 3 is 2.86 bits per heavy atom. The van der Waals surface area contributed by atoms with Gasteiger partial charge >= 0.3 is 0 Å². The molecule has 0 atom stereocenters. The lowest BCUT2D eigenvalue weighted by Gasteiger charge is -1.77. The molecule has 7 heavy (non-hydrogen) atoms. The van der Waals surface area contributed by atoms with Crippen LogP contribution in [0, 0.1) is 0 Å². The molecule has 0 fully saturated rings. The van der Waals surface area contributed by atoms with E-state index in [1.807, 2.05) is 0 Å². The van der Waals surface area contributed by atoms with E-state index < -0.39 is 0 Å². The fourth-order valence-electron chi connectivity index (χ4n) is 0.403. The molecule has 1 aromatic rings. The van der Waals surface area contributed by atoms with Gasteiger partial charge in [0.2, 0.25) is 0 Å². The van der Waals surface area contributed by atoms with Gasteiger partial charge in [-0.3, -0.25) is 0 Å². The molecule has 0 aliphatic heterocycles. The molecule has 0 amide bonds. The predicted octanol–water partition coefficient (Wildman–Crippen LogP) is 0.848. The normalized spacial score (nSPS) is 9.29. The highest BCUT2D eigenvalue weighted by Gasteiger charge is 1.86. The van der Waals surface area contributed by atoms with Crippen LogP contribution in [-0.2, 0) is 6.54 Å². The average molecular weight is 95.1 g/mol. The smallest absolute Gasteiger partial charge is 0.120 e. The van der Waals surface area contributed by atoms with Gasteiger partial charge in [-0.2, -0.15) is 0 Å². The van der Waals surface area contributed by atoms with Crippen LogP contribution in [0.4, 0.5) is 0 Å². The molecule has 0 aliphatic rings. The van der Waals surface area contributed by atoms with E-state index in [1.54, 1.807) is 12.1 Å². The first kappa shape index (κ1) is 4.40. The molecular formula is C5H5NO. The third kappa shape index (κ3) is 0.810. The molecule has 2 heteroatoms. The summed E-state index contributed by atoms with van der Waals surface area (Å²) < 4.78 is 4.73. The molecule has 2 nitrogen and oxygen atoms in total. The van der Waals surface area contributed by atoms with Gasteiger partial charge in [0.05, 0.1) is 12.8 Å². The lowest BCUT2D eigenvalue weighted by Crippen LogP contribution is -1.75. The van der Waals surface area contributed by atoms with E-state index in [0.717, 1.165) is 0 Å². The summed E-state index contributed by atoms with van der Waals surface area (Å²) in [5.74, 6) is 0.611. The Labute approximate surface area is 41.9 Å². The van der Waals surface area contributed by atoms with E-state index in [-0.39, 0.29) is 6.54 Å². The molecule has 0 saturated heterocycles. The Kier molecular flexibility index (Phi) is 1.13. The minimum Gasteiger partial charge on any atom is -0.468 e. The minimum absolute atomic E-state index is 0.00694. The highest BCUT2D eigenvalue weighted by atomic mass is 16.3. The van der Waals surface area contributed by atoms with Crippen LogP contribution in [0.2, 0.25) is 0 Å². The molecular weight excluding hydrogens is 90.1 g/mol. The summed E-state index contributed by atoms with van der Waals surface area (Å²) >= 11 is 0. The fourth-order valence-corrected chi connectivity index (χ4v) is 0.403. The van der Waals surface area contributed by atoms with Crippen molar-refractivity contribution < 1.29 is 4.42 Å². The first-order valence-electron chi connectivity index (χ1n) is 2.06. The Morgan fingerprint density at radius 2 is 2.57 bits per heavy atom. The monoisotopic (exact) mass is 95.0 g/mol. The summed E-state index contributed by atoms with van der Waals surface area (Å²) in [5.41, 5.74) is 8.33. The van der Waals surface area contributed by atoms with Crippen molar-refractivity contribution in [2.45, 2.75) is 6.54 Å². The summed E-state index contributed by atoms with van der Waals surface area (Å²) in [4.78, 5) is 0. The second-order valence-electron chi connectivity index (χ2n) is 1.24. The van der Waals surface area contributed by atoms with Crippen molar-refractivity contribution in [1.29, 1.82) is 0 Å². The summed E-state index contributed by atoms with van der Waals surface area (Å²) in [7, 11) is 0. The van der Waals surface area contributed by atoms with Crippen molar-refractivity contribution >= 4 is 0 Å². The third-order valence-electron chi connectivity index (χ3n) is 0.736. The lowest BCUT2D eigenvalue weighted by molar-refractivity contribution is 0.509. The average Bonchev–Trinajstić information content (AvgIpc) is 2.14. The van der Waals surface area contributed by atoms with Crippen LogP contribution >= 0.6 is 0 Å². The summed E-state index contributed by atoms with van der Waals surface area (Å²) in [6.07, 6.45) is 1.53. The molecule has 0 spiro atoms. The number of hydrogen-bond acceptors (Lipinski definition) is 1. The van der Waals surface area contributed by atoms with Gasteiger partial charge in [-0.1, -0.05) is 0 Å². The van der Waals surface area contributed by atoms with Crippen molar-refractivity contribution in [3.05, 3.63) is 24.2 Å². The van der Waals surface area contributed by atoms with Crippen molar-refractivity contribution in [2.75, 3.05) is 0 Å². The molecule has 36 valence electrons. The Bertz CT molecular complexity index is 123. The Balaban J connectivity index is 2.76. The molecule has 0 aromatic carbocycles. The SMILES string of the molecule is [N]Cc1ccco1. The fraction of sp³-hybridized carbons (Fsp3) is 0.200. The van der Waals surface area contributed by atoms with Crippen LogP contribution in [-0.4, -0.2) is 0 Å². The molecule has 1 aromatic heterocycles. The number of nitrogens with zero attached hydrogens (tertiary/aromatic N) is 1. The standard InChI is InChI=1S/C5H5NO/c6-4-5-2-1-3-7-5/h1-3H,4H2. The number of furan rings is 1. The molecule has 2 radical (unpaired) electrons. The first-order chi connectivity index (χ1) is 3.43. The molecule has 0 aliphatic carbocycles. The highest BCUT2D eigenvalue weighted by Crippen LogP contribution is 1.96. The predicted molar refractivity (Wildman–Crippen MR) is 24.5 cm³/mol. The van der Waals surface area contributed by atoms with E-state index in [4.69, 9.17) is 10.2 Å². The number of hydrogen-bond donors (Lipinski definition) is 0. The maximum absolute atomic E-state index is 8.33. The Hall–Kier alpha value is -0.760. The van der Waals surface area contributed by atoms with E-state index in [9.17, 15) is 0 Å². The molecule has 1 heterocycles. The van der Waals surface area contributed by atoms with E-state index >= 15 is 0 Å². The largest absolute Gasteiger partial charge is 0.468 e. The third-order valence-corrected chi connectivity index (χ3v) is 0.736. The number of rotatable bonds is 1. The minimum atomic E-state index is -0.00694. The summed E-state index contributed by atoms with van der Waals surface area (Å²) in [6, 6.07) is 3.46. The van der Waals surface area contributed by atoms with Gasteiger partial charge < -0.3 is 4.42 Å². The zero-order chi connectivity index (χ0) is 5.11. The summed E-state index contributed by atoms with van der Waals surface area (Å²) in [6.45, 7) is -0.00694. The molecule has 1 rings (SSSR count). The van der Waals surface area contributed by atoms with Crippen molar-refractivity contribution in [2.24, 2.45) is 0 Å². The van der Waals surface area contributed by atoms with Gasteiger partial charge in [0.15, 0.2) is 0 Å². The van der Waals surface area contributed by atoms with E-state index in [0.29, 0.717) is 5.76 Å². The zero-order valence-electron chi connectivity index (χ0n) is 3.79. The quantitative estimate of drug-likeness (QED) is 0.509. The topological polar surface area (TPSA) is 35.4 Å². The zero-order valence-corrected chi connectivity index (χ0v) is 3.79. The van der Waals surface area contributed by atoms with Crippen LogP contribution in [0.25, 0.3) is 0 Å². The molecule has 0 unspecified atom stereocenters. The van der Waals surface area contributed by atoms with Crippen molar-refractivity contribution in [3.63, 3.8) is 0 Å². The van der Waals surface area contributed by atoms with E-state index in [1.165, 1.54) is 6.26 Å².